The van der Waals surface area contributed by atoms with Crippen molar-refractivity contribution in [2.75, 3.05) is 18.5 Å². The molecule has 3 N–H and O–H groups in total. The molecule has 1 aliphatic rings. The van der Waals surface area contributed by atoms with Crippen molar-refractivity contribution >= 4 is 34.2 Å². The summed E-state index contributed by atoms with van der Waals surface area (Å²) in [6, 6.07) is -1.16. The molecule has 27 heavy (non-hydrogen) atoms. The van der Waals surface area contributed by atoms with Crippen LogP contribution in [0.2, 0.25) is 0 Å². The van der Waals surface area contributed by atoms with Crippen molar-refractivity contribution in [3.8, 4) is 5.00 Å². The Labute approximate surface area is 159 Å². The average molecular weight is 392 g/mol. The molecule has 144 valence electrons. The second-order valence-electron chi connectivity index (χ2n) is 5.86. The zero-order valence-electron chi connectivity index (χ0n) is 14.9. The van der Waals surface area contributed by atoms with E-state index < -0.39 is 18.0 Å². The lowest BCUT2D eigenvalue weighted by Gasteiger charge is -2.22. The van der Waals surface area contributed by atoms with Gasteiger partial charge in [-0.1, -0.05) is 11.3 Å². The van der Waals surface area contributed by atoms with E-state index in [0.717, 1.165) is 17.8 Å². The summed E-state index contributed by atoms with van der Waals surface area (Å²) >= 11 is 1.15. The van der Waals surface area contributed by atoms with Crippen molar-refractivity contribution in [1.82, 2.24) is 25.6 Å². The molecule has 0 spiro atoms. The molecule has 10 nitrogen and oxygen atoms in total. The Hall–Kier alpha value is -2.95. The number of carbonyl (C=O) groups is 3. The summed E-state index contributed by atoms with van der Waals surface area (Å²) in [5, 5.41) is 17.0. The van der Waals surface area contributed by atoms with Crippen LogP contribution in [0.1, 0.15) is 35.7 Å². The van der Waals surface area contributed by atoms with Gasteiger partial charge in [0.2, 0.25) is 5.91 Å². The molecule has 0 aromatic carbocycles. The number of urea groups is 1. The molecule has 1 aliphatic heterocycles. The van der Waals surface area contributed by atoms with Gasteiger partial charge < -0.3 is 15.4 Å². The van der Waals surface area contributed by atoms with Crippen LogP contribution in [0.25, 0.3) is 5.00 Å². The summed E-state index contributed by atoms with van der Waals surface area (Å²) in [5.41, 5.74) is 0.845. The van der Waals surface area contributed by atoms with Gasteiger partial charge in [-0.2, -0.15) is 10.2 Å². The molecule has 2 aromatic rings. The van der Waals surface area contributed by atoms with Gasteiger partial charge in [0.05, 0.1) is 24.6 Å². The van der Waals surface area contributed by atoms with Gasteiger partial charge in [-0.25, -0.2) is 9.59 Å². The molecular formula is C16H20N6O4S. The van der Waals surface area contributed by atoms with Crippen molar-refractivity contribution in [2.45, 2.75) is 32.7 Å². The first-order valence-electron chi connectivity index (χ1n) is 8.53. The van der Waals surface area contributed by atoms with E-state index in [9.17, 15) is 14.4 Å². The fourth-order valence-electron chi connectivity index (χ4n) is 2.76. The maximum Gasteiger partial charge on any atom is 0.341 e. The molecule has 11 heteroatoms. The van der Waals surface area contributed by atoms with E-state index in [1.165, 1.54) is 17.2 Å². The van der Waals surface area contributed by atoms with E-state index in [1.807, 2.05) is 0 Å². The molecule has 1 atom stereocenters. The first-order chi connectivity index (χ1) is 13.0. The largest absolute Gasteiger partial charge is 0.462 e. The Morgan fingerprint density at radius 2 is 2.15 bits per heavy atom. The highest BCUT2D eigenvalue weighted by Crippen LogP contribution is 2.35. The third-order valence-corrected chi connectivity index (χ3v) is 5.19. The average Bonchev–Trinajstić information content (AvgIpc) is 3.25. The number of ether oxygens (including phenoxy) is 1. The third-order valence-electron chi connectivity index (χ3n) is 4.02. The number of piperidine rings is 1. The fraction of sp³-hybridized carbons (Fsp3) is 0.438. The topological polar surface area (TPSA) is 127 Å². The van der Waals surface area contributed by atoms with Crippen molar-refractivity contribution < 1.29 is 19.1 Å². The number of aromatic nitrogens is 3. The van der Waals surface area contributed by atoms with Crippen molar-refractivity contribution in [3.05, 3.63) is 23.5 Å². The van der Waals surface area contributed by atoms with Gasteiger partial charge >= 0.3 is 12.0 Å². The van der Waals surface area contributed by atoms with Crippen LogP contribution in [0.15, 0.2) is 12.4 Å². The van der Waals surface area contributed by atoms with Crippen LogP contribution in [0.3, 0.4) is 0 Å². The standard InChI is InChI=1S/C16H20N6O4S/c1-3-26-15(24)11-9(2)14(22-18-7-8-19-22)27-13(11)21-16(25)20-10-5-4-6-17-12(10)23/h7-8,10H,3-6H2,1-2H3,(H,17,23)(H2,20,21,25). The summed E-state index contributed by atoms with van der Waals surface area (Å²) < 4.78 is 5.11. The van der Waals surface area contributed by atoms with Gasteiger partial charge in [0, 0.05) is 12.1 Å². The number of thiophene rings is 1. The minimum Gasteiger partial charge on any atom is -0.462 e. The number of esters is 1. The number of rotatable bonds is 5. The van der Waals surface area contributed by atoms with E-state index in [4.69, 9.17) is 4.74 Å². The lowest BCUT2D eigenvalue weighted by Crippen LogP contribution is -2.51. The molecule has 1 fully saturated rings. The predicted molar refractivity (Wildman–Crippen MR) is 98.1 cm³/mol. The smallest absolute Gasteiger partial charge is 0.341 e. The van der Waals surface area contributed by atoms with Gasteiger partial charge in [-0.05, 0) is 26.7 Å². The van der Waals surface area contributed by atoms with Gasteiger partial charge in [-0.3, -0.25) is 10.1 Å². The Morgan fingerprint density at radius 1 is 1.41 bits per heavy atom. The number of hydrogen-bond acceptors (Lipinski definition) is 7. The highest BCUT2D eigenvalue weighted by Gasteiger charge is 2.27. The molecular weight excluding hydrogens is 372 g/mol. The highest BCUT2D eigenvalue weighted by molar-refractivity contribution is 7.19. The molecule has 0 radical (unpaired) electrons. The van der Waals surface area contributed by atoms with Crippen LogP contribution in [-0.2, 0) is 9.53 Å². The SMILES string of the molecule is CCOC(=O)c1c(NC(=O)NC2CCCNC2=O)sc(-n2nccn2)c1C. The van der Waals surface area contributed by atoms with Crippen LogP contribution in [0.5, 0.6) is 0 Å². The number of anilines is 1. The second kappa shape index (κ2) is 8.16. The molecule has 0 aliphatic carbocycles. The lowest BCUT2D eigenvalue weighted by molar-refractivity contribution is -0.124. The van der Waals surface area contributed by atoms with Crippen LogP contribution >= 0.6 is 11.3 Å². The van der Waals surface area contributed by atoms with Crippen molar-refractivity contribution in [2.24, 2.45) is 0 Å². The Balaban J connectivity index is 1.84. The molecule has 3 heterocycles. The number of nitrogens with one attached hydrogen (secondary N) is 3. The zero-order valence-corrected chi connectivity index (χ0v) is 15.8. The van der Waals surface area contributed by atoms with Crippen LogP contribution in [0, 0.1) is 6.92 Å². The number of hydrogen-bond donors (Lipinski definition) is 3. The summed E-state index contributed by atoms with van der Waals surface area (Å²) in [4.78, 5) is 38.0. The fourth-order valence-corrected chi connectivity index (χ4v) is 3.86. The van der Waals surface area contributed by atoms with Crippen molar-refractivity contribution in [1.29, 1.82) is 0 Å². The first kappa shape index (κ1) is 18.8. The van der Waals surface area contributed by atoms with E-state index in [2.05, 4.69) is 26.1 Å². The molecule has 3 rings (SSSR count). The normalized spacial score (nSPS) is 16.5. The quantitative estimate of drug-likeness (QED) is 0.657. The molecule has 1 unspecified atom stereocenters. The van der Waals surface area contributed by atoms with Gasteiger partial charge in [-0.15, -0.1) is 4.80 Å². The first-order valence-corrected chi connectivity index (χ1v) is 9.35. The summed E-state index contributed by atoms with van der Waals surface area (Å²) in [7, 11) is 0. The number of amides is 3. The van der Waals surface area contributed by atoms with E-state index in [0.29, 0.717) is 28.5 Å². The molecule has 0 saturated carbocycles. The summed E-state index contributed by atoms with van der Waals surface area (Å²) in [5.74, 6) is -0.763. The maximum absolute atomic E-state index is 12.4. The van der Waals surface area contributed by atoms with Crippen LogP contribution < -0.4 is 16.0 Å². The molecule has 0 bridgehead atoms. The van der Waals surface area contributed by atoms with Gasteiger partial charge in [0.25, 0.3) is 0 Å². The minimum atomic E-state index is -0.599. The third kappa shape index (κ3) is 4.08. The zero-order chi connectivity index (χ0) is 19.4. The van der Waals surface area contributed by atoms with Crippen LogP contribution in [0.4, 0.5) is 9.80 Å². The number of nitrogens with zero attached hydrogens (tertiary/aromatic N) is 3. The van der Waals surface area contributed by atoms with Gasteiger partial charge in [0.1, 0.15) is 16.0 Å². The lowest BCUT2D eigenvalue weighted by atomic mass is 10.1. The maximum atomic E-state index is 12.4. The van der Waals surface area contributed by atoms with Crippen molar-refractivity contribution in [3.63, 3.8) is 0 Å². The van der Waals surface area contributed by atoms with E-state index >= 15 is 0 Å². The Kier molecular flexibility index (Phi) is 5.69. The van der Waals surface area contributed by atoms with E-state index in [1.54, 1.807) is 13.8 Å². The monoisotopic (exact) mass is 392 g/mol. The number of carbonyl (C=O) groups excluding carboxylic acids is 3. The highest BCUT2D eigenvalue weighted by atomic mass is 32.1. The molecule has 3 amide bonds. The molecule has 1 saturated heterocycles. The van der Waals surface area contributed by atoms with Crippen LogP contribution in [-0.4, -0.2) is 52.1 Å². The minimum absolute atomic E-state index is 0.206. The van der Waals surface area contributed by atoms with Gasteiger partial charge in [0.15, 0.2) is 0 Å². The Morgan fingerprint density at radius 3 is 2.81 bits per heavy atom. The summed E-state index contributed by atoms with van der Waals surface area (Å²) in [6.45, 7) is 4.25. The predicted octanol–water partition coefficient (Wildman–Crippen LogP) is 1.21. The van der Waals surface area contributed by atoms with E-state index in [-0.39, 0.29) is 18.1 Å². The second-order valence-corrected chi connectivity index (χ2v) is 6.86. The molecule has 2 aromatic heterocycles. The Bertz CT molecular complexity index is 847. The summed E-state index contributed by atoms with van der Waals surface area (Å²) in [6.07, 6.45) is 4.39.